The number of carbonyl (C=O) groups is 1. The first-order chi connectivity index (χ1) is 14.0. The molecule has 0 aromatic carbocycles. The molecule has 1 amide bonds. The van der Waals surface area contributed by atoms with Crippen molar-refractivity contribution in [3.05, 3.63) is 44.7 Å². The highest BCUT2D eigenvalue weighted by atomic mass is 32.2. The number of anilines is 1. The first-order valence-electron chi connectivity index (χ1n) is 10.0. The third-order valence-electron chi connectivity index (χ3n) is 5.34. The Morgan fingerprint density at radius 3 is 2.79 bits per heavy atom. The molecule has 0 unspecified atom stereocenters. The molecule has 6 nitrogen and oxygen atoms in total. The lowest BCUT2D eigenvalue weighted by atomic mass is 10.2. The number of carbonyl (C=O) groups excluding carboxylic acids is 1. The zero-order valence-corrected chi connectivity index (χ0v) is 18.2. The summed E-state index contributed by atoms with van der Waals surface area (Å²) in [6, 6.07) is 3.94. The smallest absolute Gasteiger partial charge is 0.267 e. The number of amides is 1. The SMILES string of the molecule is CCCNc1nc2ccc(C)cn2c(=O)c1C=C1SC(=S)N(C2CCCC2)C1=O. The Labute approximate surface area is 179 Å². The second-order valence-electron chi connectivity index (χ2n) is 7.53. The van der Waals surface area contributed by atoms with Gasteiger partial charge in [0.2, 0.25) is 0 Å². The summed E-state index contributed by atoms with van der Waals surface area (Å²) in [5, 5.41) is 3.24. The molecule has 1 aliphatic carbocycles. The highest BCUT2D eigenvalue weighted by Crippen LogP contribution is 2.38. The molecule has 1 saturated heterocycles. The van der Waals surface area contributed by atoms with Crippen LogP contribution in [0, 0.1) is 6.92 Å². The third kappa shape index (κ3) is 3.83. The number of aromatic nitrogens is 2. The lowest BCUT2D eigenvalue weighted by molar-refractivity contribution is -0.123. The van der Waals surface area contributed by atoms with Crippen molar-refractivity contribution in [2.75, 3.05) is 11.9 Å². The summed E-state index contributed by atoms with van der Waals surface area (Å²) in [5.41, 5.74) is 1.75. The van der Waals surface area contributed by atoms with E-state index in [1.54, 1.807) is 17.2 Å². The van der Waals surface area contributed by atoms with Crippen LogP contribution >= 0.6 is 24.0 Å². The van der Waals surface area contributed by atoms with E-state index in [0.717, 1.165) is 37.7 Å². The summed E-state index contributed by atoms with van der Waals surface area (Å²) in [4.78, 5) is 33.2. The monoisotopic (exact) mass is 428 g/mol. The summed E-state index contributed by atoms with van der Waals surface area (Å²) in [7, 11) is 0. The van der Waals surface area contributed by atoms with Crippen LogP contribution in [0.25, 0.3) is 11.7 Å². The Hall–Kier alpha value is -2.19. The lowest BCUT2D eigenvalue weighted by Gasteiger charge is -2.21. The van der Waals surface area contributed by atoms with Gasteiger partial charge in [0, 0.05) is 18.8 Å². The normalized spacial score (nSPS) is 19.1. The van der Waals surface area contributed by atoms with Crippen LogP contribution in [0.3, 0.4) is 0 Å². The van der Waals surface area contributed by atoms with Crippen LogP contribution in [0.4, 0.5) is 5.82 Å². The molecule has 0 radical (unpaired) electrons. The number of hydrogen-bond donors (Lipinski definition) is 1. The number of nitrogens with one attached hydrogen (secondary N) is 1. The molecule has 4 rings (SSSR count). The minimum absolute atomic E-state index is 0.0953. The topological polar surface area (TPSA) is 66.7 Å². The number of rotatable bonds is 5. The van der Waals surface area contributed by atoms with E-state index in [1.807, 2.05) is 19.1 Å². The van der Waals surface area contributed by atoms with Crippen LogP contribution in [0.15, 0.2) is 28.0 Å². The molecule has 3 heterocycles. The van der Waals surface area contributed by atoms with E-state index in [9.17, 15) is 9.59 Å². The van der Waals surface area contributed by atoms with Gasteiger partial charge in [0.1, 0.15) is 15.8 Å². The lowest BCUT2D eigenvalue weighted by Crippen LogP contribution is -2.36. The molecule has 2 aliphatic rings. The second kappa shape index (κ2) is 8.28. The Kier molecular flexibility index (Phi) is 5.74. The van der Waals surface area contributed by atoms with Crippen LogP contribution in [0.5, 0.6) is 0 Å². The predicted octanol–water partition coefficient (Wildman–Crippen LogP) is 3.97. The number of aryl methyl sites for hydroxylation is 1. The van der Waals surface area contributed by atoms with Crippen LogP contribution < -0.4 is 10.9 Å². The molecule has 29 heavy (non-hydrogen) atoms. The van der Waals surface area contributed by atoms with Gasteiger partial charge in [-0.25, -0.2) is 4.98 Å². The summed E-state index contributed by atoms with van der Waals surface area (Å²) in [5.74, 6) is 0.411. The van der Waals surface area contributed by atoms with Crippen molar-refractivity contribution in [1.29, 1.82) is 0 Å². The molecule has 2 aromatic rings. The largest absolute Gasteiger partial charge is 0.369 e. The Balaban J connectivity index is 1.79. The van der Waals surface area contributed by atoms with Crippen molar-refractivity contribution in [2.24, 2.45) is 0 Å². The summed E-state index contributed by atoms with van der Waals surface area (Å²) < 4.78 is 2.12. The number of thiocarbonyl (C=S) groups is 1. The molecule has 0 bridgehead atoms. The number of hydrogen-bond acceptors (Lipinski definition) is 6. The van der Waals surface area contributed by atoms with Gasteiger partial charge in [0.25, 0.3) is 11.5 Å². The van der Waals surface area contributed by atoms with E-state index in [-0.39, 0.29) is 17.5 Å². The highest BCUT2D eigenvalue weighted by molar-refractivity contribution is 8.26. The standard InChI is InChI=1S/C21H24N4O2S2/c1-3-10-22-18-15(19(26)24-12-13(2)8-9-17(24)23-18)11-16-20(27)25(21(28)29-16)14-6-4-5-7-14/h8-9,11-12,14,22H,3-7,10H2,1-2H3. The van der Waals surface area contributed by atoms with Gasteiger partial charge in [-0.05, 0) is 43.9 Å². The zero-order valence-electron chi connectivity index (χ0n) is 16.6. The van der Waals surface area contributed by atoms with Crippen molar-refractivity contribution >= 4 is 51.7 Å². The first kappa shape index (κ1) is 20.1. The number of pyridine rings is 1. The molecule has 0 spiro atoms. The third-order valence-corrected chi connectivity index (χ3v) is 6.67. The summed E-state index contributed by atoms with van der Waals surface area (Å²) >= 11 is 6.77. The number of thioether (sulfide) groups is 1. The number of fused-ring (bicyclic) bond motifs is 1. The predicted molar refractivity (Wildman–Crippen MR) is 122 cm³/mol. The number of nitrogens with zero attached hydrogens (tertiary/aromatic N) is 3. The molecule has 1 saturated carbocycles. The van der Waals surface area contributed by atoms with Gasteiger partial charge < -0.3 is 5.32 Å². The van der Waals surface area contributed by atoms with Crippen LogP contribution in [-0.2, 0) is 4.79 Å². The molecule has 1 aliphatic heterocycles. The Bertz CT molecular complexity index is 1070. The molecule has 1 N–H and O–H groups in total. The fraction of sp³-hybridized carbons (Fsp3) is 0.429. The van der Waals surface area contributed by atoms with Crippen LogP contribution in [-0.4, -0.2) is 37.1 Å². The molecular weight excluding hydrogens is 404 g/mol. The fourth-order valence-electron chi connectivity index (χ4n) is 3.86. The Morgan fingerprint density at radius 1 is 1.31 bits per heavy atom. The van der Waals surface area contributed by atoms with Gasteiger partial charge in [-0.15, -0.1) is 0 Å². The van der Waals surface area contributed by atoms with E-state index < -0.39 is 0 Å². The maximum absolute atomic E-state index is 13.2. The Morgan fingerprint density at radius 2 is 2.07 bits per heavy atom. The van der Waals surface area contributed by atoms with Gasteiger partial charge in [-0.3, -0.25) is 18.9 Å². The van der Waals surface area contributed by atoms with E-state index in [4.69, 9.17) is 12.2 Å². The van der Waals surface area contributed by atoms with Crippen molar-refractivity contribution in [2.45, 2.75) is 52.0 Å². The summed E-state index contributed by atoms with van der Waals surface area (Å²) in [6.45, 7) is 4.68. The van der Waals surface area contributed by atoms with Crippen molar-refractivity contribution in [3.63, 3.8) is 0 Å². The van der Waals surface area contributed by atoms with E-state index in [0.29, 0.717) is 32.8 Å². The molecule has 8 heteroatoms. The van der Waals surface area contributed by atoms with Crippen LogP contribution in [0.1, 0.15) is 50.2 Å². The molecule has 0 atom stereocenters. The molecule has 152 valence electrons. The second-order valence-corrected chi connectivity index (χ2v) is 9.21. The van der Waals surface area contributed by atoms with E-state index in [1.165, 1.54) is 16.2 Å². The van der Waals surface area contributed by atoms with Crippen molar-refractivity contribution in [1.82, 2.24) is 14.3 Å². The fourth-order valence-corrected chi connectivity index (χ4v) is 5.24. The quantitative estimate of drug-likeness (QED) is 0.574. The molecule has 2 aromatic heterocycles. The minimum atomic E-state index is -0.191. The average molecular weight is 429 g/mol. The van der Waals surface area contributed by atoms with Crippen molar-refractivity contribution < 1.29 is 4.79 Å². The minimum Gasteiger partial charge on any atom is -0.369 e. The first-order valence-corrected chi connectivity index (χ1v) is 11.3. The van der Waals surface area contributed by atoms with Gasteiger partial charge >= 0.3 is 0 Å². The maximum Gasteiger partial charge on any atom is 0.267 e. The summed E-state index contributed by atoms with van der Waals surface area (Å²) in [6.07, 6.45) is 8.57. The van der Waals surface area contributed by atoms with Gasteiger partial charge in [-0.1, -0.05) is 49.8 Å². The molecule has 2 fully saturated rings. The zero-order chi connectivity index (χ0) is 20.5. The van der Waals surface area contributed by atoms with Gasteiger partial charge in [0.05, 0.1) is 10.5 Å². The van der Waals surface area contributed by atoms with Gasteiger partial charge in [0.15, 0.2) is 0 Å². The van der Waals surface area contributed by atoms with Crippen molar-refractivity contribution in [3.8, 4) is 0 Å². The highest BCUT2D eigenvalue weighted by Gasteiger charge is 2.38. The van der Waals surface area contributed by atoms with Gasteiger partial charge in [-0.2, -0.15) is 0 Å². The average Bonchev–Trinajstić information content (AvgIpc) is 3.31. The maximum atomic E-state index is 13.2. The van der Waals surface area contributed by atoms with Crippen LogP contribution in [0.2, 0.25) is 0 Å². The molecular formula is C21H24N4O2S2. The van der Waals surface area contributed by atoms with E-state index in [2.05, 4.69) is 17.2 Å². The van der Waals surface area contributed by atoms with E-state index >= 15 is 0 Å².